The number of unbranched alkanes of at least 4 members (excludes halogenated alkanes) is 2. The van der Waals surface area contributed by atoms with E-state index in [1.807, 2.05) is 18.2 Å². The number of fused-ring (bicyclic) bond motifs is 1. The highest BCUT2D eigenvalue weighted by atomic mass is 16.2. The van der Waals surface area contributed by atoms with Gasteiger partial charge in [0.1, 0.15) is 0 Å². The molecule has 1 aromatic carbocycles. The van der Waals surface area contributed by atoms with Crippen molar-refractivity contribution in [2.45, 2.75) is 76.8 Å². The van der Waals surface area contributed by atoms with E-state index in [-0.39, 0.29) is 11.4 Å². The lowest BCUT2D eigenvalue weighted by Gasteiger charge is -2.56. The Balaban J connectivity index is 1.43. The molecule has 2 aromatic rings. The molecule has 0 aliphatic heterocycles. The van der Waals surface area contributed by atoms with Gasteiger partial charge in [-0.05, 0) is 74.8 Å². The number of aromatic nitrogens is 2. The second-order valence-corrected chi connectivity index (χ2v) is 9.43. The number of aryl methyl sites for hydroxylation is 1. The number of para-hydroxylation sites is 2. The first kappa shape index (κ1) is 17.3. The van der Waals surface area contributed by atoms with Crippen molar-refractivity contribution in [2.24, 2.45) is 17.8 Å². The summed E-state index contributed by atoms with van der Waals surface area (Å²) >= 11 is 0. The summed E-state index contributed by atoms with van der Waals surface area (Å²) in [4.78, 5) is 18.1. The number of nitrogens with one attached hydrogen (secondary N) is 1. The number of benzene rings is 1. The molecule has 0 radical (unpaired) electrons. The Hall–Kier alpha value is -1.84. The highest BCUT2D eigenvalue weighted by Crippen LogP contribution is 2.55. The molecule has 4 aliphatic rings. The van der Waals surface area contributed by atoms with Gasteiger partial charge < -0.3 is 9.88 Å². The molecule has 144 valence electrons. The number of hydrogen-bond acceptors (Lipinski definition) is 2. The standard InChI is InChI=1S/C23H31N3O/c1-2-3-6-9-26-20-8-5-4-7-19(20)24-21(26)22(27)25-23-13-16-10-17(14-23)12-18(11-16)15-23/h4-5,7-8,16-18H,2-3,6,9-15H2,1H3,(H,25,27). The summed E-state index contributed by atoms with van der Waals surface area (Å²) in [5.41, 5.74) is 2.06. The maximum atomic E-state index is 13.4. The third kappa shape index (κ3) is 3.07. The zero-order valence-corrected chi connectivity index (χ0v) is 16.4. The summed E-state index contributed by atoms with van der Waals surface area (Å²) in [5, 5.41) is 3.51. The summed E-state index contributed by atoms with van der Waals surface area (Å²) < 4.78 is 2.15. The molecule has 4 heteroatoms. The zero-order chi connectivity index (χ0) is 18.4. The van der Waals surface area contributed by atoms with E-state index in [0.717, 1.165) is 41.8 Å². The lowest BCUT2D eigenvalue weighted by molar-refractivity contribution is -0.0169. The van der Waals surface area contributed by atoms with E-state index in [9.17, 15) is 4.79 Å². The van der Waals surface area contributed by atoms with Crippen LogP contribution >= 0.6 is 0 Å². The third-order valence-electron chi connectivity index (χ3n) is 7.26. The van der Waals surface area contributed by atoms with Crippen molar-refractivity contribution < 1.29 is 4.79 Å². The van der Waals surface area contributed by atoms with Crippen LogP contribution in [0.5, 0.6) is 0 Å². The lowest BCUT2D eigenvalue weighted by atomic mass is 9.53. The molecule has 0 unspecified atom stereocenters. The molecule has 6 rings (SSSR count). The van der Waals surface area contributed by atoms with Crippen LogP contribution in [0.3, 0.4) is 0 Å². The van der Waals surface area contributed by atoms with Gasteiger partial charge in [0.05, 0.1) is 11.0 Å². The predicted molar refractivity (Wildman–Crippen MR) is 108 cm³/mol. The monoisotopic (exact) mass is 365 g/mol. The first-order valence-corrected chi connectivity index (χ1v) is 10.9. The van der Waals surface area contributed by atoms with Gasteiger partial charge in [-0.1, -0.05) is 31.9 Å². The van der Waals surface area contributed by atoms with Crippen molar-refractivity contribution in [3.63, 3.8) is 0 Å². The number of carbonyl (C=O) groups excluding carboxylic acids is 1. The van der Waals surface area contributed by atoms with Gasteiger partial charge in [0, 0.05) is 12.1 Å². The van der Waals surface area contributed by atoms with Crippen LogP contribution in [0.2, 0.25) is 0 Å². The molecule has 1 N–H and O–H groups in total. The van der Waals surface area contributed by atoms with Crippen LogP contribution in [0.1, 0.15) is 75.3 Å². The topological polar surface area (TPSA) is 46.9 Å². The highest BCUT2D eigenvalue weighted by Gasteiger charge is 2.51. The fourth-order valence-corrected chi connectivity index (χ4v) is 6.56. The van der Waals surface area contributed by atoms with E-state index < -0.39 is 0 Å². The Bertz CT molecular complexity index is 817. The van der Waals surface area contributed by atoms with Crippen molar-refractivity contribution >= 4 is 16.9 Å². The van der Waals surface area contributed by atoms with Gasteiger partial charge in [-0.2, -0.15) is 0 Å². The van der Waals surface area contributed by atoms with Crippen LogP contribution in [-0.2, 0) is 6.54 Å². The lowest BCUT2D eigenvalue weighted by Crippen LogP contribution is -2.60. The van der Waals surface area contributed by atoms with Crippen LogP contribution < -0.4 is 5.32 Å². The maximum Gasteiger partial charge on any atom is 0.287 e. The minimum Gasteiger partial charge on any atom is -0.344 e. The quantitative estimate of drug-likeness (QED) is 0.738. The van der Waals surface area contributed by atoms with E-state index in [1.54, 1.807) is 0 Å². The molecule has 4 aliphatic carbocycles. The Labute approximate surface area is 161 Å². The fraction of sp³-hybridized carbons (Fsp3) is 0.652. The Morgan fingerprint density at radius 3 is 2.44 bits per heavy atom. The number of amides is 1. The fourth-order valence-electron chi connectivity index (χ4n) is 6.56. The first-order chi connectivity index (χ1) is 13.2. The van der Waals surface area contributed by atoms with Crippen LogP contribution in [0.4, 0.5) is 0 Å². The van der Waals surface area contributed by atoms with Crippen molar-refractivity contribution in [1.82, 2.24) is 14.9 Å². The van der Waals surface area contributed by atoms with Gasteiger partial charge in [-0.3, -0.25) is 4.79 Å². The Morgan fingerprint density at radius 2 is 1.78 bits per heavy atom. The number of rotatable bonds is 6. The Kier molecular flexibility index (Phi) is 4.25. The van der Waals surface area contributed by atoms with Crippen LogP contribution in [0.25, 0.3) is 11.0 Å². The highest BCUT2D eigenvalue weighted by molar-refractivity contribution is 5.95. The minimum atomic E-state index is 0.0399. The van der Waals surface area contributed by atoms with E-state index in [0.29, 0.717) is 5.82 Å². The molecule has 0 saturated heterocycles. The molecule has 4 bridgehead atoms. The zero-order valence-electron chi connectivity index (χ0n) is 16.4. The van der Waals surface area contributed by atoms with Gasteiger partial charge in [0.15, 0.2) is 5.82 Å². The van der Waals surface area contributed by atoms with Gasteiger partial charge >= 0.3 is 0 Å². The molecular formula is C23H31N3O. The average Bonchev–Trinajstić information content (AvgIpc) is 2.99. The van der Waals surface area contributed by atoms with Crippen LogP contribution in [-0.4, -0.2) is 21.0 Å². The van der Waals surface area contributed by atoms with Crippen molar-refractivity contribution in [2.75, 3.05) is 0 Å². The average molecular weight is 366 g/mol. The van der Waals surface area contributed by atoms with Gasteiger partial charge in [0.25, 0.3) is 5.91 Å². The molecule has 0 atom stereocenters. The normalized spacial score (nSPS) is 31.5. The van der Waals surface area contributed by atoms with E-state index in [1.165, 1.54) is 51.4 Å². The Morgan fingerprint density at radius 1 is 1.11 bits per heavy atom. The molecule has 1 heterocycles. The van der Waals surface area contributed by atoms with E-state index in [4.69, 9.17) is 4.98 Å². The summed E-state index contributed by atoms with van der Waals surface area (Å²) in [6, 6.07) is 8.16. The third-order valence-corrected chi connectivity index (χ3v) is 7.26. The molecule has 4 saturated carbocycles. The van der Waals surface area contributed by atoms with E-state index >= 15 is 0 Å². The smallest absolute Gasteiger partial charge is 0.287 e. The summed E-state index contributed by atoms with van der Waals surface area (Å²) in [6.45, 7) is 3.09. The van der Waals surface area contributed by atoms with Crippen molar-refractivity contribution in [3.05, 3.63) is 30.1 Å². The maximum absolute atomic E-state index is 13.4. The van der Waals surface area contributed by atoms with Gasteiger partial charge in [-0.25, -0.2) is 4.98 Å². The van der Waals surface area contributed by atoms with Crippen LogP contribution in [0.15, 0.2) is 24.3 Å². The van der Waals surface area contributed by atoms with Crippen molar-refractivity contribution in [1.29, 1.82) is 0 Å². The summed E-state index contributed by atoms with van der Waals surface area (Å²) in [7, 11) is 0. The molecule has 0 spiro atoms. The van der Waals surface area contributed by atoms with Crippen LogP contribution in [0, 0.1) is 17.8 Å². The molecule has 27 heavy (non-hydrogen) atoms. The number of carbonyl (C=O) groups is 1. The summed E-state index contributed by atoms with van der Waals surface area (Å²) in [5.74, 6) is 3.16. The molecular weight excluding hydrogens is 334 g/mol. The minimum absolute atomic E-state index is 0.0399. The van der Waals surface area contributed by atoms with Gasteiger partial charge in [0.2, 0.25) is 0 Å². The largest absolute Gasteiger partial charge is 0.344 e. The molecule has 1 aromatic heterocycles. The van der Waals surface area contributed by atoms with Crippen molar-refractivity contribution in [3.8, 4) is 0 Å². The molecule has 4 nitrogen and oxygen atoms in total. The first-order valence-electron chi connectivity index (χ1n) is 10.9. The van der Waals surface area contributed by atoms with E-state index in [2.05, 4.69) is 22.9 Å². The number of imidazole rings is 1. The predicted octanol–water partition coefficient (Wildman–Crippen LogP) is 4.93. The second kappa shape index (κ2) is 6.65. The second-order valence-electron chi connectivity index (χ2n) is 9.43. The molecule has 1 amide bonds. The molecule has 4 fully saturated rings. The number of hydrogen-bond donors (Lipinski definition) is 1. The summed E-state index contributed by atoms with van der Waals surface area (Å²) in [6.07, 6.45) is 11.2. The number of nitrogens with zero attached hydrogens (tertiary/aromatic N) is 2. The SMILES string of the molecule is CCCCCn1c(C(=O)NC23CC4CC(CC(C4)C2)C3)nc2ccccc21. The van der Waals surface area contributed by atoms with Gasteiger partial charge in [-0.15, -0.1) is 0 Å².